The molecule has 3 fully saturated rings. The molecule has 0 saturated carbocycles. The Morgan fingerprint density at radius 2 is 1.55 bits per heavy atom. The van der Waals surface area contributed by atoms with E-state index in [1.807, 2.05) is 12.1 Å². The third kappa shape index (κ3) is 4.40. The fourth-order valence-corrected chi connectivity index (χ4v) is 7.74. The minimum atomic E-state index is 0.641. The summed E-state index contributed by atoms with van der Waals surface area (Å²) in [5, 5.41) is 0. The van der Waals surface area contributed by atoms with E-state index in [1.54, 1.807) is 14.2 Å². The second-order valence-electron chi connectivity index (χ2n) is 12.1. The Bertz CT molecular complexity index is 1290. The lowest BCUT2D eigenvalue weighted by Crippen LogP contribution is -2.53. The van der Waals surface area contributed by atoms with E-state index in [2.05, 4.69) is 60.4 Å². The maximum Gasteiger partial charge on any atom is 0.161 e. The number of aryl methyl sites for hydroxylation is 2. The zero-order valence-corrected chi connectivity index (χ0v) is 24.0. The van der Waals surface area contributed by atoms with Gasteiger partial charge in [0.1, 0.15) is 5.82 Å². The summed E-state index contributed by atoms with van der Waals surface area (Å²) < 4.78 is 13.3. The second-order valence-corrected chi connectivity index (χ2v) is 12.1. The van der Waals surface area contributed by atoms with Crippen LogP contribution in [0.3, 0.4) is 0 Å². The first-order valence-corrected chi connectivity index (χ1v) is 14.6. The fourth-order valence-electron chi connectivity index (χ4n) is 7.74. The van der Waals surface area contributed by atoms with E-state index in [4.69, 9.17) is 14.5 Å². The number of hydrogen-bond donors (Lipinski definition) is 0. The molecule has 6 nitrogen and oxygen atoms in total. The number of rotatable bonds is 6. The Labute approximate surface area is 227 Å². The summed E-state index contributed by atoms with van der Waals surface area (Å²) in [6.07, 6.45) is 8.03. The van der Waals surface area contributed by atoms with Crippen LogP contribution in [0.1, 0.15) is 69.4 Å². The first-order valence-electron chi connectivity index (χ1n) is 14.6. The molecule has 0 radical (unpaired) electrons. The Morgan fingerprint density at radius 3 is 2.18 bits per heavy atom. The molecule has 0 spiro atoms. The van der Waals surface area contributed by atoms with Crippen molar-refractivity contribution in [1.82, 2.24) is 19.4 Å². The van der Waals surface area contributed by atoms with E-state index >= 15 is 0 Å². The van der Waals surface area contributed by atoms with Gasteiger partial charge in [-0.1, -0.05) is 6.07 Å². The maximum atomic E-state index is 5.56. The average Bonchev–Trinajstić information content (AvgIpc) is 3.40. The van der Waals surface area contributed by atoms with Crippen molar-refractivity contribution in [3.05, 3.63) is 41.5 Å². The van der Waals surface area contributed by atoms with Crippen LogP contribution in [0.5, 0.6) is 11.5 Å². The van der Waals surface area contributed by atoms with Gasteiger partial charge < -0.3 is 18.9 Å². The van der Waals surface area contributed by atoms with Gasteiger partial charge in [0.25, 0.3) is 0 Å². The van der Waals surface area contributed by atoms with E-state index < -0.39 is 0 Å². The smallest absolute Gasteiger partial charge is 0.161 e. The molecule has 2 aromatic carbocycles. The molecule has 2 atom stereocenters. The van der Waals surface area contributed by atoms with Gasteiger partial charge in [-0.15, -0.1) is 0 Å². The summed E-state index contributed by atoms with van der Waals surface area (Å²) >= 11 is 0. The molecule has 2 unspecified atom stereocenters. The lowest BCUT2D eigenvalue weighted by atomic mass is 9.82. The quantitative estimate of drug-likeness (QED) is 0.393. The second kappa shape index (κ2) is 10.2. The van der Waals surface area contributed by atoms with E-state index in [0.717, 1.165) is 46.5 Å². The first kappa shape index (κ1) is 25.7. The summed E-state index contributed by atoms with van der Waals surface area (Å²) in [6, 6.07) is 13.9. The number of imidazole rings is 1. The molecule has 3 aromatic rings. The molecule has 3 aliphatic heterocycles. The average molecular weight is 517 g/mol. The number of hydrogen-bond acceptors (Lipinski definition) is 5. The predicted molar refractivity (Wildman–Crippen MR) is 154 cm³/mol. The van der Waals surface area contributed by atoms with Crippen LogP contribution >= 0.6 is 0 Å². The lowest BCUT2D eigenvalue weighted by Gasteiger charge is -2.47. The third-order valence-electron chi connectivity index (χ3n) is 9.75. The maximum absolute atomic E-state index is 5.56. The minimum absolute atomic E-state index is 0.641. The molecular weight excluding hydrogens is 472 g/mol. The monoisotopic (exact) mass is 516 g/mol. The first-order chi connectivity index (χ1) is 18.4. The van der Waals surface area contributed by atoms with Crippen molar-refractivity contribution in [2.75, 3.05) is 27.3 Å². The molecule has 6 heteroatoms. The molecule has 3 saturated heterocycles. The number of nitrogens with zero attached hydrogens (tertiary/aromatic N) is 4. The molecule has 0 N–H and O–H groups in total. The van der Waals surface area contributed by atoms with Gasteiger partial charge in [0.2, 0.25) is 0 Å². The van der Waals surface area contributed by atoms with Crippen LogP contribution in [0, 0.1) is 6.92 Å². The zero-order valence-electron chi connectivity index (χ0n) is 24.0. The molecule has 38 heavy (non-hydrogen) atoms. The van der Waals surface area contributed by atoms with Crippen LogP contribution in [0.25, 0.3) is 22.4 Å². The highest BCUT2D eigenvalue weighted by Gasteiger charge is 2.44. The number of likely N-dealkylation sites (tertiary alicyclic amines) is 1. The summed E-state index contributed by atoms with van der Waals surface area (Å²) in [4.78, 5) is 10.7. The van der Waals surface area contributed by atoms with Crippen LogP contribution in [0.2, 0.25) is 0 Å². The van der Waals surface area contributed by atoms with Crippen molar-refractivity contribution in [1.29, 1.82) is 0 Å². The number of aromatic nitrogens is 2. The van der Waals surface area contributed by atoms with Crippen molar-refractivity contribution in [3.63, 3.8) is 0 Å². The van der Waals surface area contributed by atoms with Crippen LogP contribution in [-0.4, -0.2) is 70.8 Å². The van der Waals surface area contributed by atoms with Gasteiger partial charge in [-0.3, -0.25) is 4.90 Å². The van der Waals surface area contributed by atoms with Crippen molar-refractivity contribution in [2.24, 2.45) is 7.05 Å². The number of methoxy groups -OCH3 is 2. The van der Waals surface area contributed by atoms with Gasteiger partial charge in [0.05, 0.1) is 25.3 Å². The highest BCUT2D eigenvalue weighted by molar-refractivity contribution is 5.84. The summed E-state index contributed by atoms with van der Waals surface area (Å²) in [6.45, 7) is 9.44. The molecular formula is C32H44N4O2. The van der Waals surface area contributed by atoms with Crippen molar-refractivity contribution in [3.8, 4) is 22.9 Å². The Balaban J connectivity index is 1.25. The van der Waals surface area contributed by atoms with E-state index in [-0.39, 0.29) is 0 Å². The summed E-state index contributed by atoms with van der Waals surface area (Å²) in [5.41, 5.74) is 6.13. The van der Waals surface area contributed by atoms with E-state index in [1.165, 1.54) is 68.3 Å². The van der Waals surface area contributed by atoms with Gasteiger partial charge >= 0.3 is 0 Å². The molecule has 0 amide bonds. The van der Waals surface area contributed by atoms with Crippen LogP contribution in [-0.2, 0) is 7.05 Å². The molecule has 1 aromatic heterocycles. The largest absolute Gasteiger partial charge is 0.493 e. The van der Waals surface area contributed by atoms with Gasteiger partial charge in [0, 0.05) is 36.8 Å². The Hall–Kier alpha value is -2.57. The summed E-state index contributed by atoms with van der Waals surface area (Å²) in [5.74, 6) is 3.07. The topological polar surface area (TPSA) is 42.8 Å². The van der Waals surface area contributed by atoms with Crippen LogP contribution in [0.15, 0.2) is 30.3 Å². The third-order valence-corrected chi connectivity index (χ3v) is 9.75. The fraction of sp³-hybridized carbons (Fsp3) is 0.594. The zero-order chi connectivity index (χ0) is 26.6. The molecule has 4 heterocycles. The number of benzene rings is 2. The normalized spacial score (nSPS) is 25.0. The Morgan fingerprint density at radius 1 is 0.868 bits per heavy atom. The standard InChI is InChI=1S/C32H44N4O2/c1-20(2)35-13-11-25(12-14-35)36-26-8-9-27(36)17-24(16-26)23-15-21(3)31-28(18-23)34(4)32(33-31)22-7-10-29(37-5)30(19-22)38-6/h7,10,15,18-20,24-27H,8-9,11-14,16-17H2,1-6H3. The molecule has 3 aliphatic rings. The van der Waals surface area contributed by atoms with Gasteiger partial charge in [0.15, 0.2) is 11.5 Å². The molecule has 204 valence electrons. The Kier molecular flexibility index (Phi) is 6.89. The van der Waals surface area contributed by atoms with Crippen LogP contribution in [0.4, 0.5) is 0 Å². The van der Waals surface area contributed by atoms with Crippen LogP contribution < -0.4 is 9.47 Å². The van der Waals surface area contributed by atoms with E-state index in [9.17, 15) is 0 Å². The highest BCUT2D eigenvalue weighted by atomic mass is 16.5. The predicted octanol–water partition coefficient (Wildman–Crippen LogP) is 6.15. The lowest BCUT2D eigenvalue weighted by molar-refractivity contribution is 0.0312. The van der Waals surface area contributed by atoms with Gasteiger partial charge in [-0.25, -0.2) is 4.98 Å². The molecule has 2 bridgehead atoms. The highest BCUT2D eigenvalue weighted by Crippen LogP contribution is 2.46. The van der Waals surface area contributed by atoms with Crippen molar-refractivity contribution < 1.29 is 9.47 Å². The summed E-state index contributed by atoms with van der Waals surface area (Å²) in [7, 11) is 5.49. The number of ether oxygens (including phenoxy) is 2. The van der Waals surface area contributed by atoms with Crippen molar-refractivity contribution in [2.45, 2.75) is 89.4 Å². The van der Waals surface area contributed by atoms with E-state index in [0.29, 0.717) is 12.0 Å². The van der Waals surface area contributed by atoms with Gasteiger partial charge in [-0.05, 0) is 114 Å². The SMILES string of the molecule is COc1ccc(-c2nc3c(C)cc(C4CC5CCC(C4)N5C4CCN(C(C)C)CC4)cc3n2C)cc1OC. The molecule has 6 rings (SSSR count). The number of fused-ring (bicyclic) bond motifs is 3. The molecule has 0 aliphatic carbocycles. The number of piperidine rings is 2. The van der Waals surface area contributed by atoms with Crippen molar-refractivity contribution >= 4 is 11.0 Å². The van der Waals surface area contributed by atoms with Gasteiger partial charge in [-0.2, -0.15) is 0 Å². The minimum Gasteiger partial charge on any atom is -0.493 e.